The number of H-pyrrole nitrogens is 1. The summed E-state index contributed by atoms with van der Waals surface area (Å²) in [4.78, 5) is 15.4. The molecule has 0 spiro atoms. The number of pyridine rings is 1. The minimum absolute atomic E-state index is 0.103. The quantitative estimate of drug-likeness (QED) is 0.431. The Hall–Kier alpha value is -3.39. The smallest absolute Gasteiger partial charge is 0.225 e. The number of fused-ring (bicyclic) bond motifs is 1. The average molecular weight is 385 g/mol. The molecular weight excluding hydrogens is 371 g/mol. The summed E-state index contributed by atoms with van der Waals surface area (Å²) in [5, 5.41) is 6.84. The van der Waals surface area contributed by atoms with Crippen molar-refractivity contribution in [3.63, 3.8) is 0 Å². The van der Waals surface area contributed by atoms with Gasteiger partial charge in [0, 0.05) is 37.3 Å². The van der Waals surface area contributed by atoms with Gasteiger partial charge in [-0.2, -0.15) is 4.98 Å². The lowest BCUT2D eigenvalue weighted by Gasteiger charge is -2.11. The van der Waals surface area contributed by atoms with E-state index in [9.17, 15) is 4.39 Å². The normalized spacial score (nSPS) is 10.8. The van der Waals surface area contributed by atoms with Crippen LogP contribution in [0.15, 0.2) is 48.8 Å². The highest BCUT2D eigenvalue weighted by Gasteiger charge is 2.10. The first-order valence-electron chi connectivity index (χ1n) is 8.01. The van der Waals surface area contributed by atoms with Crippen molar-refractivity contribution in [3.05, 3.63) is 59.8 Å². The molecule has 0 amide bonds. The molecule has 0 bridgehead atoms. The van der Waals surface area contributed by atoms with E-state index in [1.165, 1.54) is 6.07 Å². The molecule has 4 rings (SSSR count). The van der Waals surface area contributed by atoms with Crippen LogP contribution < -0.4 is 15.4 Å². The summed E-state index contributed by atoms with van der Waals surface area (Å²) in [6.45, 7) is 0. The monoisotopic (exact) mass is 384 g/mol. The molecule has 7 nitrogen and oxygen atoms in total. The number of nitrogens with one attached hydrogen (secondary N) is 3. The number of aromatic amines is 1. The second kappa shape index (κ2) is 7.08. The van der Waals surface area contributed by atoms with Gasteiger partial charge in [0.25, 0.3) is 0 Å². The highest BCUT2D eigenvalue weighted by molar-refractivity contribution is 6.29. The first-order valence-corrected chi connectivity index (χ1v) is 8.39. The predicted octanol–water partition coefficient (Wildman–Crippen LogP) is 4.72. The van der Waals surface area contributed by atoms with Crippen LogP contribution in [-0.2, 0) is 0 Å². The summed E-state index contributed by atoms with van der Waals surface area (Å²) >= 11 is 5.95. The molecule has 0 aliphatic heterocycles. The summed E-state index contributed by atoms with van der Waals surface area (Å²) in [5.74, 6) is 0.900. The van der Waals surface area contributed by atoms with Crippen LogP contribution in [0.2, 0.25) is 5.15 Å². The molecule has 0 saturated carbocycles. The van der Waals surface area contributed by atoms with Crippen molar-refractivity contribution < 1.29 is 9.13 Å². The number of nitrogens with zero attached hydrogens (tertiary/aromatic N) is 3. The Balaban J connectivity index is 1.58. The predicted molar refractivity (Wildman–Crippen MR) is 102 cm³/mol. The van der Waals surface area contributed by atoms with Gasteiger partial charge in [0.2, 0.25) is 5.95 Å². The Morgan fingerprint density at radius 1 is 1.11 bits per heavy atom. The van der Waals surface area contributed by atoms with E-state index in [2.05, 4.69) is 30.6 Å². The first kappa shape index (κ1) is 17.0. The highest BCUT2D eigenvalue weighted by Crippen LogP contribution is 2.31. The van der Waals surface area contributed by atoms with E-state index < -0.39 is 5.82 Å². The maximum atomic E-state index is 14.5. The number of hydrogen-bond donors (Lipinski definition) is 3. The molecule has 0 radical (unpaired) electrons. The van der Waals surface area contributed by atoms with Crippen molar-refractivity contribution in [2.75, 3.05) is 17.7 Å². The number of anilines is 3. The van der Waals surface area contributed by atoms with E-state index in [1.54, 1.807) is 43.7 Å². The zero-order chi connectivity index (χ0) is 18.8. The van der Waals surface area contributed by atoms with Crippen LogP contribution in [0, 0.1) is 5.82 Å². The lowest BCUT2D eigenvalue weighted by Crippen LogP contribution is -2.01. The zero-order valence-corrected chi connectivity index (χ0v) is 14.9. The number of hydrogen-bond acceptors (Lipinski definition) is 6. The van der Waals surface area contributed by atoms with E-state index in [0.29, 0.717) is 28.9 Å². The Labute approximate surface area is 158 Å². The lowest BCUT2D eigenvalue weighted by molar-refractivity contribution is 0.446. The van der Waals surface area contributed by atoms with Crippen molar-refractivity contribution >= 4 is 40.1 Å². The van der Waals surface area contributed by atoms with Gasteiger partial charge < -0.3 is 20.4 Å². The average Bonchev–Trinajstić information content (AvgIpc) is 3.13. The first-order chi connectivity index (χ1) is 13.1. The fraction of sp³-hybridized carbons (Fsp3) is 0.0556. The number of ether oxygens (including phenoxy) is 1. The summed E-state index contributed by atoms with van der Waals surface area (Å²) in [6.07, 6.45) is 3.35. The summed E-state index contributed by atoms with van der Waals surface area (Å²) in [6, 6.07) is 9.60. The SMILES string of the molecule is CNc1nc(Cl)cc(Nc2ccc(Oc3ccnc4[nH]ccc34)c(F)c2)n1. The number of rotatable bonds is 5. The van der Waals surface area contributed by atoms with E-state index in [1.807, 2.05) is 6.07 Å². The zero-order valence-electron chi connectivity index (χ0n) is 14.1. The third-order valence-electron chi connectivity index (χ3n) is 3.76. The van der Waals surface area contributed by atoms with E-state index >= 15 is 0 Å². The van der Waals surface area contributed by atoms with Gasteiger partial charge in [-0.1, -0.05) is 11.6 Å². The van der Waals surface area contributed by atoms with Crippen LogP contribution >= 0.6 is 11.6 Å². The van der Waals surface area contributed by atoms with Gasteiger partial charge in [-0.3, -0.25) is 0 Å². The molecule has 9 heteroatoms. The molecule has 1 aromatic carbocycles. The Bertz CT molecular complexity index is 1120. The molecule has 3 heterocycles. The summed E-state index contributed by atoms with van der Waals surface area (Å²) < 4.78 is 20.3. The molecule has 27 heavy (non-hydrogen) atoms. The molecule has 0 aliphatic carbocycles. The van der Waals surface area contributed by atoms with Crippen LogP contribution in [-0.4, -0.2) is 27.0 Å². The molecule has 0 aliphatic rings. The largest absolute Gasteiger partial charge is 0.453 e. The Morgan fingerprint density at radius 2 is 2.00 bits per heavy atom. The van der Waals surface area contributed by atoms with Crippen LogP contribution in [0.5, 0.6) is 11.5 Å². The number of halogens is 2. The van der Waals surface area contributed by atoms with E-state index in [4.69, 9.17) is 16.3 Å². The highest BCUT2D eigenvalue weighted by atomic mass is 35.5. The van der Waals surface area contributed by atoms with Gasteiger partial charge in [-0.25, -0.2) is 14.4 Å². The fourth-order valence-electron chi connectivity index (χ4n) is 2.55. The lowest BCUT2D eigenvalue weighted by atomic mass is 10.2. The van der Waals surface area contributed by atoms with E-state index in [-0.39, 0.29) is 10.9 Å². The van der Waals surface area contributed by atoms with Crippen LogP contribution in [0.4, 0.5) is 21.8 Å². The maximum Gasteiger partial charge on any atom is 0.225 e. The van der Waals surface area contributed by atoms with Crippen molar-refractivity contribution in [1.29, 1.82) is 0 Å². The molecule has 0 fully saturated rings. The van der Waals surface area contributed by atoms with Gasteiger partial charge in [0.1, 0.15) is 22.4 Å². The van der Waals surface area contributed by atoms with Gasteiger partial charge in [-0.15, -0.1) is 0 Å². The van der Waals surface area contributed by atoms with Crippen LogP contribution in [0.3, 0.4) is 0 Å². The summed E-state index contributed by atoms with van der Waals surface area (Å²) in [7, 11) is 1.68. The Kier molecular flexibility index (Phi) is 4.47. The second-order valence-electron chi connectivity index (χ2n) is 5.57. The third kappa shape index (κ3) is 3.61. The number of benzene rings is 1. The minimum Gasteiger partial charge on any atom is -0.453 e. The molecule has 3 N–H and O–H groups in total. The van der Waals surface area contributed by atoms with Gasteiger partial charge in [0.05, 0.1) is 5.39 Å². The van der Waals surface area contributed by atoms with Crippen molar-refractivity contribution in [1.82, 2.24) is 19.9 Å². The van der Waals surface area contributed by atoms with Crippen molar-refractivity contribution in [2.24, 2.45) is 0 Å². The van der Waals surface area contributed by atoms with Crippen LogP contribution in [0.1, 0.15) is 0 Å². The standard InChI is InChI=1S/C18H14ClFN6O/c1-21-18-25-15(19)9-16(26-18)24-10-2-3-14(12(20)8-10)27-13-5-7-23-17-11(13)4-6-22-17/h2-9H,1H3,(H,22,23)(H2,21,24,25,26). The van der Waals surface area contributed by atoms with Crippen molar-refractivity contribution in [2.45, 2.75) is 0 Å². The molecule has 3 aromatic heterocycles. The maximum absolute atomic E-state index is 14.5. The van der Waals surface area contributed by atoms with Gasteiger partial charge in [0.15, 0.2) is 11.6 Å². The van der Waals surface area contributed by atoms with Crippen LogP contribution in [0.25, 0.3) is 11.0 Å². The fourth-order valence-corrected chi connectivity index (χ4v) is 2.73. The summed E-state index contributed by atoms with van der Waals surface area (Å²) in [5.41, 5.74) is 1.17. The van der Waals surface area contributed by atoms with Crippen molar-refractivity contribution in [3.8, 4) is 11.5 Å². The molecular formula is C18H14ClFN6O. The molecule has 0 unspecified atom stereocenters. The van der Waals surface area contributed by atoms with E-state index in [0.717, 1.165) is 5.39 Å². The molecule has 4 aromatic rings. The number of aromatic nitrogens is 4. The molecule has 0 atom stereocenters. The molecule has 0 saturated heterocycles. The minimum atomic E-state index is -0.519. The second-order valence-corrected chi connectivity index (χ2v) is 5.96. The Morgan fingerprint density at radius 3 is 2.81 bits per heavy atom. The topological polar surface area (TPSA) is 87.8 Å². The molecule has 136 valence electrons. The van der Waals surface area contributed by atoms with Gasteiger partial charge in [-0.05, 0) is 24.3 Å². The van der Waals surface area contributed by atoms with Gasteiger partial charge >= 0.3 is 0 Å². The third-order valence-corrected chi connectivity index (χ3v) is 3.96.